The van der Waals surface area contributed by atoms with E-state index in [1.54, 1.807) is 42.5 Å². The maximum absolute atomic E-state index is 14.6. The molecule has 0 aliphatic heterocycles. The Balaban J connectivity index is 1.57. The number of hydrogen-bond donors (Lipinski definition) is 1. The Bertz CT molecular complexity index is 2000. The average molecular weight is 684 g/mol. The van der Waals surface area contributed by atoms with Gasteiger partial charge in [0.2, 0.25) is 0 Å². The quantitative estimate of drug-likeness (QED) is 0.162. The van der Waals surface area contributed by atoms with Crippen molar-refractivity contribution in [2.45, 2.75) is 44.6 Å². The molecule has 0 spiro atoms. The van der Waals surface area contributed by atoms with Crippen LogP contribution in [0.3, 0.4) is 0 Å². The molecule has 0 radical (unpaired) electrons. The van der Waals surface area contributed by atoms with Crippen LogP contribution in [0.25, 0.3) is 22.3 Å². The number of nitrogens with zero attached hydrogens (tertiary/aromatic N) is 1. The van der Waals surface area contributed by atoms with Crippen molar-refractivity contribution in [3.05, 3.63) is 131 Å². The molecule has 0 unspecified atom stereocenters. The van der Waals surface area contributed by atoms with Crippen molar-refractivity contribution in [3.8, 4) is 33.8 Å². The minimum absolute atomic E-state index is 0.0793. The van der Waals surface area contributed by atoms with Crippen molar-refractivity contribution in [2.24, 2.45) is 0 Å². The fraction of sp³-hybridized carbons (Fsp3) is 0.211. The molecule has 0 saturated carbocycles. The fourth-order valence-corrected chi connectivity index (χ4v) is 6.23. The molecule has 0 saturated heterocycles. The minimum Gasteiger partial charge on any atom is -0.457 e. The minimum atomic E-state index is -5.88. The fourth-order valence-electron chi connectivity index (χ4n) is 6.23. The predicted molar refractivity (Wildman–Crippen MR) is 172 cm³/mol. The van der Waals surface area contributed by atoms with Gasteiger partial charge in [-0.1, -0.05) is 66.7 Å². The van der Waals surface area contributed by atoms with Crippen LogP contribution in [0, 0.1) is 13.8 Å². The molecular formula is C38H29F8NO2. The topological polar surface area (TPSA) is 32.7 Å². The number of aryl methyl sites for hydroxylation is 2. The first kappa shape index (κ1) is 34.0. The van der Waals surface area contributed by atoms with Crippen LogP contribution in [0.2, 0.25) is 0 Å². The first-order valence-corrected chi connectivity index (χ1v) is 15.2. The van der Waals surface area contributed by atoms with Gasteiger partial charge in [0.25, 0.3) is 0 Å². The van der Waals surface area contributed by atoms with E-state index >= 15 is 0 Å². The normalized spacial score (nSPS) is 13.5. The number of rotatable bonds is 8. The Labute approximate surface area is 277 Å². The number of benzene rings is 5. The first-order chi connectivity index (χ1) is 23.0. The highest BCUT2D eigenvalue weighted by Crippen LogP contribution is 2.50. The Morgan fingerprint density at radius 3 is 2.06 bits per heavy atom. The van der Waals surface area contributed by atoms with Crippen LogP contribution in [0.5, 0.6) is 11.5 Å². The summed E-state index contributed by atoms with van der Waals surface area (Å²) in [7, 11) is 0. The molecule has 0 amide bonds. The third kappa shape index (κ3) is 6.72. The van der Waals surface area contributed by atoms with Crippen molar-refractivity contribution in [1.82, 2.24) is 0 Å². The molecule has 0 bridgehead atoms. The van der Waals surface area contributed by atoms with Gasteiger partial charge in [0, 0.05) is 29.3 Å². The molecule has 11 heteroatoms. The lowest BCUT2D eigenvalue weighted by molar-refractivity contribution is -0.289. The third-order valence-corrected chi connectivity index (χ3v) is 8.41. The standard InChI is InChI=1S/C38H29F8NO2/c1-22-15-23(2)17-29(16-22)49-28-11-6-10-27(20-28)47(21-34(48)37(41,42)43)35-31(13-14-32-30-12-4-3-7-25(30)19-33(32)35)24-8-5-9-26(18-24)36(39,40)38(44,45)46/h3-18,20,34,48H,19,21H2,1-2H3/t34-/m1/s1. The lowest BCUT2D eigenvalue weighted by Crippen LogP contribution is -2.39. The zero-order chi connectivity index (χ0) is 35.3. The molecule has 254 valence electrons. The van der Waals surface area contributed by atoms with Gasteiger partial charge in [0.15, 0.2) is 6.10 Å². The van der Waals surface area contributed by atoms with E-state index in [1.165, 1.54) is 29.2 Å². The Morgan fingerprint density at radius 2 is 1.37 bits per heavy atom. The van der Waals surface area contributed by atoms with Gasteiger partial charge in [-0.25, -0.2) is 0 Å². The molecule has 5 aromatic carbocycles. The summed E-state index contributed by atoms with van der Waals surface area (Å²) in [6.07, 6.45) is -13.6. The summed E-state index contributed by atoms with van der Waals surface area (Å²) in [4.78, 5) is 1.22. The molecule has 0 fully saturated rings. The van der Waals surface area contributed by atoms with Gasteiger partial charge in [-0.2, -0.15) is 35.1 Å². The van der Waals surface area contributed by atoms with Crippen LogP contribution in [0.4, 0.5) is 46.5 Å². The predicted octanol–water partition coefficient (Wildman–Crippen LogP) is 11.0. The van der Waals surface area contributed by atoms with Gasteiger partial charge in [-0.15, -0.1) is 0 Å². The van der Waals surface area contributed by atoms with Gasteiger partial charge in [-0.3, -0.25) is 0 Å². The smallest absolute Gasteiger partial charge is 0.457 e. The van der Waals surface area contributed by atoms with Crippen LogP contribution in [0.15, 0.2) is 103 Å². The van der Waals surface area contributed by atoms with E-state index in [2.05, 4.69) is 0 Å². The molecule has 0 heterocycles. The Hall–Kier alpha value is -4.90. The molecule has 49 heavy (non-hydrogen) atoms. The van der Waals surface area contributed by atoms with Crippen LogP contribution < -0.4 is 9.64 Å². The van der Waals surface area contributed by atoms with E-state index in [9.17, 15) is 40.2 Å². The number of anilines is 2. The van der Waals surface area contributed by atoms with E-state index in [4.69, 9.17) is 4.74 Å². The van der Waals surface area contributed by atoms with Crippen LogP contribution in [-0.2, 0) is 12.3 Å². The molecule has 6 rings (SSSR count). The molecule has 1 atom stereocenters. The number of fused-ring (bicyclic) bond motifs is 3. The van der Waals surface area contributed by atoms with Gasteiger partial charge in [0.05, 0.1) is 12.2 Å². The van der Waals surface area contributed by atoms with Crippen LogP contribution in [0.1, 0.15) is 27.8 Å². The van der Waals surface area contributed by atoms with Gasteiger partial charge < -0.3 is 14.7 Å². The van der Waals surface area contributed by atoms with E-state index in [-0.39, 0.29) is 34.7 Å². The number of aliphatic hydroxyl groups is 1. The summed E-state index contributed by atoms with van der Waals surface area (Å²) in [6, 6.07) is 25.8. The lowest BCUT2D eigenvalue weighted by Gasteiger charge is -2.32. The van der Waals surface area contributed by atoms with E-state index in [1.807, 2.05) is 32.0 Å². The van der Waals surface area contributed by atoms with Crippen molar-refractivity contribution in [2.75, 3.05) is 11.4 Å². The number of hydrogen-bond acceptors (Lipinski definition) is 3. The van der Waals surface area contributed by atoms with Crippen molar-refractivity contribution in [3.63, 3.8) is 0 Å². The highest BCUT2D eigenvalue weighted by molar-refractivity contribution is 5.93. The number of ether oxygens (including phenoxy) is 1. The van der Waals surface area contributed by atoms with Gasteiger partial charge in [0.1, 0.15) is 11.5 Å². The third-order valence-electron chi connectivity index (χ3n) is 8.41. The molecular weight excluding hydrogens is 654 g/mol. The van der Waals surface area contributed by atoms with Crippen LogP contribution in [-0.4, -0.2) is 30.1 Å². The average Bonchev–Trinajstić information content (AvgIpc) is 3.41. The van der Waals surface area contributed by atoms with Crippen molar-refractivity contribution in [1.29, 1.82) is 0 Å². The second kappa shape index (κ2) is 12.5. The first-order valence-electron chi connectivity index (χ1n) is 15.2. The molecule has 1 N–H and O–H groups in total. The molecule has 3 nitrogen and oxygen atoms in total. The number of alkyl halides is 8. The number of aliphatic hydroxyl groups excluding tert-OH is 1. The highest BCUT2D eigenvalue weighted by atomic mass is 19.4. The summed E-state index contributed by atoms with van der Waals surface area (Å²) in [6.45, 7) is 2.74. The van der Waals surface area contributed by atoms with Gasteiger partial charge in [-0.05, 0) is 83.1 Å². The lowest BCUT2D eigenvalue weighted by atomic mass is 9.93. The SMILES string of the molecule is Cc1cc(C)cc(Oc2cccc(N(C[C@@H](O)C(F)(F)F)c3c(-c4cccc(C(F)(F)C(F)(F)F)c4)ccc4c3Cc3ccccc3-4)c2)c1. The van der Waals surface area contributed by atoms with E-state index < -0.39 is 36.5 Å². The van der Waals surface area contributed by atoms with E-state index in [0.29, 0.717) is 29.0 Å². The monoisotopic (exact) mass is 683 g/mol. The zero-order valence-corrected chi connectivity index (χ0v) is 26.1. The largest absolute Gasteiger partial charge is 0.458 e. The van der Waals surface area contributed by atoms with Crippen LogP contribution >= 0.6 is 0 Å². The summed E-state index contributed by atoms with van der Waals surface area (Å²) >= 11 is 0. The summed E-state index contributed by atoms with van der Waals surface area (Å²) in [5.41, 5.74) is 3.63. The second-order valence-corrected chi connectivity index (χ2v) is 12.1. The van der Waals surface area contributed by atoms with Crippen molar-refractivity contribution >= 4 is 11.4 Å². The summed E-state index contributed by atoms with van der Waals surface area (Å²) < 4.78 is 117. The maximum Gasteiger partial charge on any atom is 0.458 e. The zero-order valence-electron chi connectivity index (χ0n) is 26.1. The Kier molecular flexibility index (Phi) is 8.69. The summed E-state index contributed by atoms with van der Waals surface area (Å²) in [5.74, 6) is -4.45. The highest BCUT2D eigenvalue weighted by Gasteiger charge is 2.58. The van der Waals surface area contributed by atoms with Gasteiger partial charge >= 0.3 is 18.3 Å². The molecule has 5 aromatic rings. The molecule has 0 aromatic heterocycles. The van der Waals surface area contributed by atoms with E-state index in [0.717, 1.165) is 28.3 Å². The van der Waals surface area contributed by atoms with Crippen molar-refractivity contribution < 1.29 is 45.0 Å². The molecule has 1 aliphatic carbocycles. The Morgan fingerprint density at radius 1 is 0.694 bits per heavy atom. The summed E-state index contributed by atoms with van der Waals surface area (Å²) in [5, 5.41) is 10.4. The second-order valence-electron chi connectivity index (χ2n) is 12.1. The maximum atomic E-state index is 14.6. The number of halogens is 8. The molecule has 1 aliphatic rings.